The molecule has 0 bridgehead atoms. The average Bonchev–Trinajstić information content (AvgIpc) is 2.27. The van der Waals surface area contributed by atoms with Crippen molar-refractivity contribution in [2.24, 2.45) is 5.92 Å². The Kier molecular flexibility index (Phi) is 11.3. The van der Waals surface area contributed by atoms with Crippen LogP contribution in [0.25, 0.3) is 0 Å². The first-order chi connectivity index (χ1) is 7.39. The molecule has 0 spiro atoms. The van der Waals surface area contributed by atoms with Gasteiger partial charge in [-0.15, -0.1) is 0 Å². The number of hydrogen-bond donors (Lipinski definition) is 1. The molecule has 0 aliphatic rings. The van der Waals surface area contributed by atoms with Gasteiger partial charge in [0.1, 0.15) is 0 Å². The molecule has 0 saturated heterocycles. The minimum atomic E-state index is -2.22. The first-order valence-electron chi connectivity index (χ1n) is 5.59. The van der Waals surface area contributed by atoms with Crippen LogP contribution in [0, 0.1) is 11.3 Å². The molecule has 0 aliphatic carbocycles. The minimum Gasteiger partial charge on any atom is -0.377 e. The third-order valence-corrected chi connectivity index (χ3v) is 5.33. The maximum absolute atomic E-state index is 6.95. The molecule has 0 rings (SSSR count). The van der Waals surface area contributed by atoms with E-state index in [2.05, 4.69) is 6.92 Å². The predicted molar refractivity (Wildman–Crippen MR) is 70.1 cm³/mol. The van der Waals surface area contributed by atoms with Crippen LogP contribution in [0.4, 0.5) is 0 Å². The van der Waals surface area contributed by atoms with Crippen LogP contribution in [-0.2, 0) is 13.3 Å². The fraction of sp³-hybridized carbons (Fsp3) is 0.909. The Bertz CT molecular complexity index is 174. The van der Waals surface area contributed by atoms with Gasteiger partial charge in [-0.1, -0.05) is 27.2 Å². The zero-order valence-corrected chi connectivity index (χ0v) is 12.7. The van der Waals surface area contributed by atoms with Crippen molar-refractivity contribution in [3.8, 4) is 0 Å². The van der Waals surface area contributed by atoms with E-state index in [1.807, 2.05) is 20.8 Å². The molecular formula is C11H27NO3Si. The Labute approximate surface area is 101 Å². The van der Waals surface area contributed by atoms with E-state index in [0.717, 1.165) is 18.2 Å². The van der Waals surface area contributed by atoms with Crippen LogP contribution >= 0.6 is 0 Å². The Morgan fingerprint density at radius 2 is 1.44 bits per heavy atom. The van der Waals surface area contributed by atoms with Gasteiger partial charge in [-0.05, 0) is 12.8 Å². The van der Waals surface area contributed by atoms with Crippen LogP contribution in [0.15, 0.2) is 0 Å². The maximum Gasteiger partial charge on any atom is 0.500 e. The third-order valence-electron chi connectivity index (χ3n) is 2.36. The Morgan fingerprint density at radius 1 is 1.12 bits per heavy atom. The summed E-state index contributed by atoms with van der Waals surface area (Å²) in [5.74, 6) is 0.435. The SMILES string of the molecule is CC(=N)C(C)C.CCC[Si](OC)(OC)OC. The van der Waals surface area contributed by atoms with E-state index < -0.39 is 8.80 Å². The summed E-state index contributed by atoms with van der Waals surface area (Å²) in [5, 5.41) is 6.95. The van der Waals surface area contributed by atoms with Gasteiger partial charge in [0.15, 0.2) is 0 Å². The summed E-state index contributed by atoms with van der Waals surface area (Å²) in [6, 6.07) is 0.885. The molecular weight excluding hydrogens is 222 g/mol. The van der Waals surface area contributed by atoms with Crippen molar-refractivity contribution in [2.75, 3.05) is 21.3 Å². The molecule has 0 aromatic heterocycles. The molecule has 4 nitrogen and oxygen atoms in total. The zero-order valence-electron chi connectivity index (χ0n) is 11.7. The summed E-state index contributed by atoms with van der Waals surface area (Å²) < 4.78 is 15.5. The highest BCUT2D eigenvalue weighted by atomic mass is 28.4. The largest absolute Gasteiger partial charge is 0.500 e. The second-order valence-corrected chi connectivity index (χ2v) is 6.97. The summed E-state index contributed by atoms with van der Waals surface area (Å²) in [7, 11) is 2.68. The highest BCUT2D eigenvalue weighted by Gasteiger charge is 2.36. The van der Waals surface area contributed by atoms with Crippen LogP contribution in [0.3, 0.4) is 0 Å². The lowest BCUT2D eigenvalue weighted by Gasteiger charge is -2.23. The van der Waals surface area contributed by atoms with Gasteiger partial charge in [-0.2, -0.15) is 0 Å². The van der Waals surface area contributed by atoms with E-state index >= 15 is 0 Å². The van der Waals surface area contributed by atoms with Gasteiger partial charge >= 0.3 is 8.80 Å². The molecule has 0 saturated carbocycles. The van der Waals surface area contributed by atoms with Crippen LogP contribution in [-0.4, -0.2) is 35.8 Å². The summed E-state index contributed by atoms with van der Waals surface area (Å²) >= 11 is 0. The monoisotopic (exact) mass is 249 g/mol. The molecule has 5 heteroatoms. The lowest BCUT2D eigenvalue weighted by atomic mass is 10.1. The molecule has 0 fully saturated rings. The van der Waals surface area contributed by atoms with E-state index in [9.17, 15) is 0 Å². The number of rotatable bonds is 6. The Balaban J connectivity index is 0. The quantitative estimate of drug-likeness (QED) is 0.581. The highest BCUT2D eigenvalue weighted by Crippen LogP contribution is 2.13. The second kappa shape index (κ2) is 9.96. The molecule has 98 valence electrons. The standard InChI is InChI=1S/C6H16O3Si.C5H11N/c1-5-6-10(7-2,8-3)9-4;1-4(2)5(3)6/h5-6H2,1-4H3;4,6H,1-3H3. The zero-order chi connectivity index (χ0) is 13.2. The number of nitrogens with one attached hydrogen (secondary N) is 1. The van der Waals surface area contributed by atoms with Crippen molar-refractivity contribution in [2.45, 2.75) is 40.2 Å². The van der Waals surface area contributed by atoms with E-state index in [4.69, 9.17) is 18.7 Å². The van der Waals surface area contributed by atoms with Crippen LogP contribution in [0.1, 0.15) is 34.1 Å². The molecule has 0 atom stereocenters. The summed E-state index contributed by atoms with van der Waals surface area (Å²) in [6.45, 7) is 7.94. The minimum absolute atomic E-state index is 0.435. The lowest BCUT2D eigenvalue weighted by Crippen LogP contribution is -2.42. The van der Waals surface area contributed by atoms with Gasteiger partial charge in [0.2, 0.25) is 0 Å². The van der Waals surface area contributed by atoms with Gasteiger partial charge in [-0.3, -0.25) is 0 Å². The Morgan fingerprint density at radius 3 is 1.50 bits per heavy atom. The molecule has 16 heavy (non-hydrogen) atoms. The van der Waals surface area contributed by atoms with E-state index in [0.29, 0.717) is 5.92 Å². The topological polar surface area (TPSA) is 51.5 Å². The van der Waals surface area contributed by atoms with Crippen LogP contribution < -0.4 is 0 Å². The molecule has 0 aliphatic heterocycles. The van der Waals surface area contributed by atoms with Gasteiger partial charge in [0, 0.05) is 33.1 Å². The van der Waals surface area contributed by atoms with Crippen molar-refractivity contribution >= 4 is 14.5 Å². The average molecular weight is 249 g/mol. The van der Waals surface area contributed by atoms with E-state index in [1.165, 1.54) is 0 Å². The highest BCUT2D eigenvalue weighted by molar-refractivity contribution is 6.60. The summed E-state index contributed by atoms with van der Waals surface area (Å²) in [6.07, 6.45) is 1.03. The summed E-state index contributed by atoms with van der Waals surface area (Å²) in [5.41, 5.74) is 0.759. The molecule has 0 radical (unpaired) electrons. The molecule has 0 aromatic carbocycles. The van der Waals surface area contributed by atoms with Crippen LogP contribution in [0.5, 0.6) is 0 Å². The number of hydrogen-bond acceptors (Lipinski definition) is 4. The van der Waals surface area contributed by atoms with Gasteiger partial charge in [-0.25, -0.2) is 0 Å². The molecule has 0 heterocycles. The third kappa shape index (κ3) is 7.98. The molecule has 0 unspecified atom stereocenters. The lowest BCUT2D eigenvalue weighted by molar-refractivity contribution is 0.123. The van der Waals surface area contributed by atoms with Crippen molar-refractivity contribution in [1.29, 1.82) is 5.41 Å². The molecule has 0 aromatic rings. The fourth-order valence-corrected chi connectivity index (χ4v) is 2.59. The van der Waals surface area contributed by atoms with Crippen molar-refractivity contribution in [3.63, 3.8) is 0 Å². The maximum atomic E-state index is 6.95. The van der Waals surface area contributed by atoms with Gasteiger partial charge in [0.05, 0.1) is 0 Å². The van der Waals surface area contributed by atoms with Crippen molar-refractivity contribution in [3.05, 3.63) is 0 Å². The van der Waals surface area contributed by atoms with Crippen molar-refractivity contribution < 1.29 is 13.3 Å². The van der Waals surface area contributed by atoms with Gasteiger partial charge < -0.3 is 18.7 Å². The first kappa shape index (κ1) is 18.1. The normalized spacial score (nSPS) is 11.0. The predicted octanol–water partition coefficient (Wildman–Crippen LogP) is 2.96. The van der Waals surface area contributed by atoms with Crippen LogP contribution in [0.2, 0.25) is 6.04 Å². The Hall–Kier alpha value is -0.233. The molecule has 0 amide bonds. The second-order valence-electron chi connectivity index (χ2n) is 3.88. The first-order valence-corrected chi connectivity index (χ1v) is 7.52. The smallest absolute Gasteiger partial charge is 0.377 e. The summed E-state index contributed by atoms with van der Waals surface area (Å²) in [4.78, 5) is 0. The fourth-order valence-electron chi connectivity index (χ4n) is 0.862. The molecule has 1 N–H and O–H groups in total. The van der Waals surface area contributed by atoms with E-state index in [-0.39, 0.29) is 0 Å². The van der Waals surface area contributed by atoms with Crippen molar-refractivity contribution in [1.82, 2.24) is 0 Å². The van der Waals surface area contributed by atoms with Gasteiger partial charge in [0.25, 0.3) is 0 Å². The van der Waals surface area contributed by atoms with E-state index in [1.54, 1.807) is 21.3 Å².